The number of piperazine rings is 1. The van der Waals surface area contributed by atoms with Crippen LogP contribution in [0, 0.1) is 24.3 Å². The SMILES string of the molecule is [C-]#[N+]c1ccc(N2CCC(C(=O)Nc3ccc(N4CCC(CN5CCN(CC6CCN(c7ccc8c(c7)C(=O)N(C7CCC(=O)NC7=O)C8=O)CC6)CC5)CC4)cn3)CC2)cc1C(F)(F)F. The van der Waals surface area contributed by atoms with Gasteiger partial charge < -0.3 is 29.8 Å². The predicted molar refractivity (Wildman–Crippen MR) is 241 cm³/mol. The highest BCUT2D eigenvalue weighted by Gasteiger charge is 2.45. The molecule has 18 heteroatoms. The average molecular weight is 909 g/mol. The van der Waals surface area contributed by atoms with E-state index in [1.165, 1.54) is 12.1 Å². The first-order valence-electron chi connectivity index (χ1n) is 23.2. The Balaban J connectivity index is 0.661. The van der Waals surface area contributed by atoms with E-state index in [-0.39, 0.29) is 24.7 Å². The van der Waals surface area contributed by atoms with Crippen LogP contribution in [-0.2, 0) is 20.6 Å². The number of hydrogen-bond donors (Lipinski definition) is 2. The molecule has 1 unspecified atom stereocenters. The van der Waals surface area contributed by atoms with E-state index in [2.05, 4.69) is 40.1 Å². The molecule has 2 aromatic carbocycles. The van der Waals surface area contributed by atoms with E-state index in [0.29, 0.717) is 60.4 Å². The minimum Gasteiger partial charge on any atom is -0.372 e. The summed E-state index contributed by atoms with van der Waals surface area (Å²) in [6, 6.07) is 12.0. The second kappa shape index (κ2) is 19.0. The molecule has 6 aliphatic rings. The van der Waals surface area contributed by atoms with Crippen molar-refractivity contribution < 1.29 is 37.1 Å². The number of carbonyl (C=O) groups is 5. The Hall–Kier alpha value is -6.06. The zero-order chi connectivity index (χ0) is 46.1. The van der Waals surface area contributed by atoms with E-state index in [0.717, 1.165) is 113 Å². The van der Waals surface area contributed by atoms with Crippen LogP contribution in [0.1, 0.15) is 77.6 Å². The van der Waals surface area contributed by atoms with E-state index in [4.69, 9.17) is 6.57 Å². The van der Waals surface area contributed by atoms with Crippen molar-refractivity contribution in [2.45, 2.75) is 63.6 Å². The molecule has 2 N–H and O–H groups in total. The summed E-state index contributed by atoms with van der Waals surface area (Å²) in [7, 11) is 0. The smallest absolute Gasteiger partial charge is 0.372 e. The first-order chi connectivity index (χ1) is 31.8. The number of hydrogen-bond acceptors (Lipinski definition) is 11. The van der Waals surface area contributed by atoms with Crippen molar-refractivity contribution in [1.29, 1.82) is 0 Å². The number of nitrogens with one attached hydrogen (secondary N) is 2. The van der Waals surface area contributed by atoms with Gasteiger partial charge in [-0.2, -0.15) is 13.2 Å². The minimum absolute atomic E-state index is 0.0909. The third-order valence-corrected chi connectivity index (χ3v) is 14.5. The van der Waals surface area contributed by atoms with E-state index < -0.39 is 47.1 Å². The summed E-state index contributed by atoms with van der Waals surface area (Å²) in [4.78, 5) is 84.0. The van der Waals surface area contributed by atoms with Gasteiger partial charge >= 0.3 is 6.18 Å². The predicted octanol–water partition coefficient (Wildman–Crippen LogP) is 5.66. The molecule has 0 saturated carbocycles. The van der Waals surface area contributed by atoms with Crippen LogP contribution >= 0.6 is 0 Å². The van der Waals surface area contributed by atoms with Gasteiger partial charge in [-0.25, -0.2) is 9.83 Å². The van der Waals surface area contributed by atoms with E-state index in [9.17, 15) is 37.1 Å². The average Bonchev–Trinajstić information content (AvgIpc) is 3.57. The maximum atomic E-state index is 13.5. The molecule has 5 fully saturated rings. The zero-order valence-electron chi connectivity index (χ0n) is 36.9. The molecule has 0 bridgehead atoms. The summed E-state index contributed by atoms with van der Waals surface area (Å²) in [5.41, 5.74) is 1.59. The number of carbonyl (C=O) groups excluding carboxylic acids is 5. The lowest BCUT2D eigenvalue weighted by atomic mass is 9.94. The molecule has 5 amide bonds. The van der Waals surface area contributed by atoms with Crippen molar-refractivity contribution in [2.24, 2.45) is 17.8 Å². The molecule has 9 rings (SSSR count). The number of piperidine rings is 4. The number of benzene rings is 2. The van der Waals surface area contributed by atoms with Crippen molar-refractivity contribution in [2.75, 3.05) is 98.6 Å². The fourth-order valence-corrected chi connectivity index (χ4v) is 10.6. The second-order valence-electron chi connectivity index (χ2n) is 18.6. The molecule has 7 heterocycles. The number of imide groups is 2. The van der Waals surface area contributed by atoms with Crippen molar-refractivity contribution in [3.63, 3.8) is 0 Å². The van der Waals surface area contributed by atoms with Gasteiger partial charge in [-0.15, -0.1) is 0 Å². The summed E-state index contributed by atoms with van der Waals surface area (Å²) in [6.45, 7) is 18.0. The fraction of sp³-hybridized carbons (Fsp3) is 0.521. The monoisotopic (exact) mass is 908 g/mol. The van der Waals surface area contributed by atoms with Crippen LogP contribution in [0.15, 0.2) is 54.7 Å². The van der Waals surface area contributed by atoms with Crippen LogP contribution in [0.5, 0.6) is 0 Å². The number of anilines is 4. The number of aromatic nitrogens is 1. The van der Waals surface area contributed by atoms with Gasteiger partial charge in [0.2, 0.25) is 17.7 Å². The Kier molecular flexibility index (Phi) is 13.0. The molecular weight excluding hydrogens is 854 g/mol. The van der Waals surface area contributed by atoms with Crippen LogP contribution < -0.4 is 25.3 Å². The van der Waals surface area contributed by atoms with Crippen LogP contribution in [-0.4, -0.2) is 134 Å². The maximum Gasteiger partial charge on any atom is 0.407 e. The molecular formula is C48H55F3N10O5. The molecule has 348 valence electrons. The molecule has 0 aliphatic carbocycles. The van der Waals surface area contributed by atoms with Gasteiger partial charge in [0, 0.05) is 102 Å². The van der Waals surface area contributed by atoms with Gasteiger partial charge in [0.05, 0.1) is 35.1 Å². The maximum absolute atomic E-state index is 13.5. The molecule has 5 saturated heterocycles. The lowest BCUT2D eigenvalue weighted by Gasteiger charge is -2.41. The number of amides is 5. The lowest BCUT2D eigenvalue weighted by Crippen LogP contribution is -2.54. The van der Waals surface area contributed by atoms with E-state index >= 15 is 0 Å². The molecule has 0 radical (unpaired) electrons. The summed E-state index contributed by atoms with van der Waals surface area (Å²) >= 11 is 0. The number of nitrogens with zero attached hydrogens (tertiary/aromatic N) is 8. The van der Waals surface area contributed by atoms with Crippen molar-refractivity contribution in [3.8, 4) is 0 Å². The third-order valence-electron chi connectivity index (χ3n) is 14.5. The molecule has 15 nitrogen and oxygen atoms in total. The topological polar surface area (TPSA) is 146 Å². The minimum atomic E-state index is -4.61. The highest BCUT2D eigenvalue weighted by Crippen LogP contribution is 2.40. The number of alkyl halides is 3. The molecule has 1 atom stereocenters. The molecule has 0 spiro atoms. The lowest BCUT2D eigenvalue weighted by molar-refractivity contribution is -0.137. The zero-order valence-corrected chi connectivity index (χ0v) is 36.9. The van der Waals surface area contributed by atoms with E-state index in [1.807, 2.05) is 29.3 Å². The number of halogens is 3. The Morgan fingerprint density at radius 1 is 0.697 bits per heavy atom. The number of rotatable bonds is 10. The second-order valence-corrected chi connectivity index (χ2v) is 18.6. The van der Waals surface area contributed by atoms with Gasteiger partial charge in [-0.1, -0.05) is 6.07 Å². The summed E-state index contributed by atoms with van der Waals surface area (Å²) in [5, 5.41) is 5.18. The van der Waals surface area contributed by atoms with Crippen LogP contribution in [0.2, 0.25) is 0 Å². The van der Waals surface area contributed by atoms with Crippen molar-refractivity contribution >= 4 is 58.1 Å². The first kappa shape index (κ1) is 45.1. The first-order valence-corrected chi connectivity index (χ1v) is 23.2. The molecule has 1 aromatic heterocycles. The summed E-state index contributed by atoms with van der Waals surface area (Å²) in [6.07, 6.45) is 2.71. The van der Waals surface area contributed by atoms with Crippen LogP contribution in [0.3, 0.4) is 0 Å². The highest BCUT2D eigenvalue weighted by atomic mass is 19.4. The molecule has 66 heavy (non-hydrogen) atoms. The van der Waals surface area contributed by atoms with Gasteiger partial charge in [0.25, 0.3) is 11.8 Å². The normalized spacial score (nSPS) is 22.1. The largest absolute Gasteiger partial charge is 0.407 e. The summed E-state index contributed by atoms with van der Waals surface area (Å²) < 4.78 is 40.5. The van der Waals surface area contributed by atoms with Crippen LogP contribution in [0.4, 0.5) is 41.7 Å². The Morgan fingerprint density at radius 3 is 1.80 bits per heavy atom. The van der Waals surface area contributed by atoms with E-state index in [1.54, 1.807) is 12.1 Å². The van der Waals surface area contributed by atoms with Gasteiger partial charge in [-0.05, 0) is 99.2 Å². The number of pyridine rings is 1. The molecule has 3 aromatic rings. The standard InChI is InChI=1S/C48H55F3N10O5/c1-52-40-6-3-35(27-39(40)48(49,50)51)59-20-14-33(15-21-59)44(63)54-42-8-4-36(28-53-42)60-18-12-32(13-19-60)30-57-24-22-56(23-25-57)29-31-10-16-58(17-11-31)34-2-5-37-38(26-34)47(66)61(46(37)65)41-7-9-43(62)55-45(41)64/h2-6,8,26-28,31-33,41H,7,9-25,29-30H2,(H,53,54,63)(H,55,62,64). The quantitative estimate of drug-likeness (QED) is 0.192. The Bertz CT molecular complexity index is 2380. The highest BCUT2D eigenvalue weighted by molar-refractivity contribution is 6.23. The van der Waals surface area contributed by atoms with Crippen LogP contribution in [0.25, 0.3) is 4.85 Å². The molecule has 6 aliphatic heterocycles. The van der Waals surface area contributed by atoms with Gasteiger partial charge in [0.15, 0.2) is 5.69 Å². The fourth-order valence-electron chi connectivity index (χ4n) is 10.6. The summed E-state index contributed by atoms with van der Waals surface area (Å²) in [5.74, 6) is -0.688. The Morgan fingerprint density at radius 2 is 1.24 bits per heavy atom. The number of fused-ring (bicyclic) bond motifs is 1. The Labute approximate surface area is 382 Å². The third kappa shape index (κ3) is 9.73. The van der Waals surface area contributed by atoms with Gasteiger partial charge in [0.1, 0.15) is 11.9 Å². The van der Waals surface area contributed by atoms with Crippen molar-refractivity contribution in [1.82, 2.24) is 25.0 Å². The van der Waals surface area contributed by atoms with Gasteiger partial charge in [-0.3, -0.25) is 34.2 Å². The van der Waals surface area contributed by atoms with Crippen molar-refractivity contribution in [3.05, 3.63) is 82.8 Å².